The van der Waals surface area contributed by atoms with Gasteiger partial charge < -0.3 is 15.2 Å². The van der Waals surface area contributed by atoms with Crippen molar-refractivity contribution < 1.29 is 22.7 Å². The fourth-order valence-electron chi connectivity index (χ4n) is 3.31. The quantitative estimate of drug-likeness (QED) is 0.302. The Bertz CT molecular complexity index is 496. The largest absolute Gasteiger partial charge is 0.379 e. The number of rotatable bonds is 14. The third kappa shape index (κ3) is 9.45. The maximum Gasteiger partial charge on any atom is 0.236 e. The molecule has 2 N–H and O–H groups in total. The monoisotopic (exact) mass is 422 g/mol. The smallest absolute Gasteiger partial charge is 0.236 e. The van der Waals surface area contributed by atoms with Crippen molar-refractivity contribution in [1.29, 1.82) is 0 Å². The van der Waals surface area contributed by atoms with Gasteiger partial charge in [-0.15, -0.1) is 0 Å². The molecule has 0 radical (unpaired) electrons. The van der Waals surface area contributed by atoms with E-state index in [-0.39, 0.29) is 5.75 Å². The summed E-state index contributed by atoms with van der Waals surface area (Å²) in [6.45, 7) is 9.00. The molecule has 28 heavy (non-hydrogen) atoms. The van der Waals surface area contributed by atoms with Gasteiger partial charge >= 0.3 is 0 Å². The van der Waals surface area contributed by atoms with Gasteiger partial charge in [0.15, 0.2) is 0 Å². The molecule has 0 atom stereocenters. The molecule has 0 spiro atoms. The number of hydrogen-bond donors (Lipinski definition) is 1. The van der Waals surface area contributed by atoms with Gasteiger partial charge in [0, 0.05) is 39.3 Å². The molecule has 2 rings (SSSR count). The zero-order valence-electron chi connectivity index (χ0n) is 17.1. The Balaban J connectivity index is 1.80. The first-order valence-corrected chi connectivity index (χ1v) is 12.2. The van der Waals surface area contributed by atoms with Crippen molar-refractivity contribution in [3.05, 3.63) is 0 Å². The molecule has 2 aliphatic rings. The van der Waals surface area contributed by atoms with Crippen LogP contribution in [0.3, 0.4) is 0 Å². The van der Waals surface area contributed by atoms with Crippen LogP contribution in [0.2, 0.25) is 0 Å². The van der Waals surface area contributed by atoms with E-state index in [1.54, 1.807) is 0 Å². The third-order valence-corrected chi connectivity index (χ3v) is 6.83. The molecule has 0 aromatic heterocycles. The van der Waals surface area contributed by atoms with Crippen LogP contribution in [-0.4, -0.2) is 114 Å². The number of morpholine rings is 2. The molecule has 0 bridgehead atoms. The minimum atomic E-state index is -3.43. The zero-order chi connectivity index (χ0) is 20.1. The molecular weight excluding hydrogens is 384 g/mol. The van der Waals surface area contributed by atoms with E-state index >= 15 is 0 Å². The number of ether oxygens (including phenoxy) is 2. The number of sulfonamides is 1. The Hall–Kier alpha value is -0.330. The average molecular weight is 423 g/mol. The fourth-order valence-corrected chi connectivity index (χ4v) is 4.68. The van der Waals surface area contributed by atoms with Crippen LogP contribution in [0.1, 0.15) is 25.7 Å². The van der Waals surface area contributed by atoms with Crippen LogP contribution < -0.4 is 5.73 Å². The molecule has 0 aromatic carbocycles. The van der Waals surface area contributed by atoms with Crippen LogP contribution >= 0.6 is 0 Å². The second kappa shape index (κ2) is 13.8. The third-order valence-electron chi connectivity index (χ3n) is 5.12. The highest BCUT2D eigenvalue weighted by Gasteiger charge is 2.24. The molecule has 0 amide bonds. The Kier molecular flexibility index (Phi) is 11.8. The minimum Gasteiger partial charge on any atom is -0.379 e. The number of hydroxylamine groups is 1. The van der Waals surface area contributed by atoms with E-state index in [0.29, 0.717) is 52.4 Å². The maximum absolute atomic E-state index is 12.8. The average Bonchev–Trinajstić information content (AvgIpc) is 2.71. The van der Waals surface area contributed by atoms with E-state index in [4.69, 9.17) is 20.0 Å². The second-order valence-electron chi connectivity index (χ2n) is 7.29. The molecule has 0 aliphatic carbocycles. The summed E-state index contributed by atoms with van der Waals surface area (Å²) in [4.78, 5) is 10.2. The number of hydrogen-bond acceptors (Lipinski definition) is 8. The summed E-state index contributed by atoms with van der Waals surface area (Å²) >= 11 is 0. The molecule has 2 aliphatic heterocycles. The van der Waals surface area contributed by atoms with Crippen molar-refractivity contribution in [3.8, 4) is 0 Å². The van der Waals surface area contributed by atoms with Crippen molar-refractivity contribution in [3.63, 3.8) is 0 Å². The molecular formula is C18H38N4O5S. The molecule has 0 unspecified atom stereocenters. The van der Waals surface area contributed by atoms with Gasteiger partial charge in [0.05, 0.1) is 45.3 Å². The normalized spacial score (nSPS) is 20.1. The summed E-state index contributed by atoms with van der Waals surface area (Å²) in [5.74, 6) is 0.123. The Morgan fingerprint density at radius 3 is 2.04 bits per heavy atom. The molecule has 2 heterocycles. The van der Waals surface area contributed by atoms with Gasteiger partial charge in [0.2, 0.25) is 10.0 Å². The summed E-state index contributed by atoms with van der Waals surface area (Å²) in [7, 11) is -3.43. The number of unbranched alkanes of at least 4 members (excludes halogenated alkanes) is 3. The van der Waals surface area contributed by atoms with Crippen molar-refractivity contribution in [2.45, 2.75) is 25.7 Å². The van der Waals surface area contributed by atoms with E-state index in [0.717, 1.165) is 58.7 Å². The number of nitrogens with two attached hydrogens (primary N) is 1. The van der Waals surface area contributed by atoms with Crippen molar-refractivity contribution in [1.82, 2.24) is 14.3 Å². The predicted octanol–water partition coefficient (Wildman–Crippen LogP) is -0.267. The summed E-state index contributed by atoms with van der Waals surface area (Å²) < 4.78 is 37.6. The van der Waals surface area contributed by atoms with E-state index in [1.807, 2.05) is 0 Å². The van der Waals surface area contributed by atoms with Crippen LogP contribution in [0.5, 0.6) is 0 Å². The highest BCUT2D eigenvalue weighted by atomic mass is 32.2. The highest BCUT2D eigenvalue weighted by Crippen LogP contribution is 2.10. The van der Waals surface area contributed by atoms with Gasteiger partial charge in [-0.05, 0) is 19.4 Å². The lowest BCUT2D eigenvalue weighted by Crippen LogP contribution is -2.45. The van der Waals surface area contributed by atoms with E-state index < -0.39 is 10.0 Å². The van der Waals surface area contributed by atoms with Gasteiger partial charge in [-0.2, -0.15) is 0 Å². The molecule has 0 aromatic rings. The molecule has 2 saturated heterocycles. The van der Waals surface area contributed by atoms with Gasteiger partial charge in [0.1, 0.15) is 0 Å². The lowest BCUT2D eigenvalue weighted by molar-refractivity contribution is -0.0996. The zero-order valence-corrected chi connectivity index (χ0v) is 17.9. The minimum absolute atomic E-state index is 0.123. The standard InChI is InChI=1S/C18H38N4O5S/c19-5-3-1-2-4-18-28(23,24)22(7-6-20-8-13-25-14-9-20)27-17-12-21-10-15-26-16-11-21/h1-19H2. The Labute approximate surface area is 170 Å². The van der Waals surface area contributed by atoms with Crippen molar-refractivity contribution >= 4 is 10.0 Å². The lowest BCUT2D eigenvalue weighted by atomic mass is 10.2. The highest BCUT2D eigenvalue weighted by molar-refractivity contribution is 7.88. The van der Waals surface area contributed by atoms with Crippen molar-refractivity contribution in [2.24, 2.45) is 5.73 Å². The SMILES string of the molecule is NCCCCCCS(=O)(=O)N(CCN1CCOCC1)OCCN1CCOCC1. The topological polar surface area (TPSA) is 97.6 Å². The first-order chi connectivity index (χ1) is 13.6. The van der Waals surface area contributed by atoms with Gasteiger partial charge in [-0.25, -0.2) is 8.42 Å². The summed E-state index contributed by atoms with van der Waals surface area (Å²) in [6.07, 6.45) is 3.43. The van der Waals surface area contributed by atoms with Crippen LogP contribution in [-0.2, 0) is 24.3 Å². The second-order valence-corrected chi connectivity index (χ2v) is 9.27. The van der Waals surface area contributed by atoms with Gasteiger partial charge in [0.25, 0.3) is 0 Å². The molecule has 0 saturated carbocycles. The molecule has 2 fully saturated rings. The summed E-state index contributed by atoms with van der Waals surface area (Å²) in [5.41, 5.74) is 5.50. The van der Waals surface area contributed by atoms with Gasteiger partial charge in [-0.3, -0.25) is 14.6 Å². The van der Waals surface area contributed by atoms with Crippen molar-refractivity contribution in [2.75, 3.05) is 91.1 Å². The Morgan fingerprint density at radius 2 is 1.43 bits per heavy atom. The fraction of sp³-hybridized carbons (Fsp3) is 1.00. The lowest BCUT2D eigenvalue weighted by Gasteiger charge is -2.30. The van der Waals surface area contributed by atoms with E-state index in [9.17, 15) is 8.42 Å². The van der Waals surface area contributed by atoms with Crippen LogP contribution in [0.15, 0.2) is 0 Å². The molecule has 9 nitrogen and oxygen atoms in total. The number of nitrogens with zero attached hydrogens (tertiary/aromatic N) is 3. The van der Waals surface area contributed by atoms with Crippen LogP contribution in [0, 0.1) is 0 Å². The first kappa shape index (κ1) is 23.9. The van der Waals surface area contributed by atoms with Crippen LogP contribution in [0.4, 0.5) is 0 Å². The molecule has 166 valence electrons. The van der Waals surface area contributed by atoms with Crippen LogP contribution in [0.25, 0.3) is 0 Å². The Morgan fingerprint density at radius 1 is 0.857 bits per heavy atom. The summed E-state index contributed by atoms with van der Waals surface area (Å²) in [5, 5.41) is 0. The first-order valence-electron chi connectivity index (χ1n) is 10.6. The predicted molar refractivity (Wildman–Crippen MR) is 108 cm³/mol. The maximum atomic E-state index is 12.8. The molecule has 10 heteroatoms. The van der Waals surface area contributed by atoms with E-state index in [2.05, 4.69) is 9.80 Å². The van der Waals surface area contributed by atoms with Gasteiger partial charge in [-0.1, -0.05) is 17.3 Å². The van der Waals surface area contributed by atoms with E-state index in [1.165, 1.54) is 4.47 Å². The summed E-state index contributed by atoms with van der Waals surface area (Å²) in [6, 6.07) is 0.